The molecular formula is C19H16OS. The number of carbonyl (C=O) groups is 1. The summed E-state index contributed by atoms with van der Waals surface area (Å²) in [5.41, 5.74) is 1.02. The summed E-state index contributed by atoms with van der Waals surface area (Å²) < 4.78 is 0. The Hall–Kier alpha value is -2.45. The number of benzene rings is 1. The van der Waals surface area contributed by atoms with Gasteiger partial charge in [-0.2, -0.15) is 0 Å². The van der Waals surface area contributed by atoms with Crippen molar-refractivity contribution >= 4 is 29.3 Å². The third kappa shape index (κ3) is 6.02. The van der Waals surface area contributed by atoms with Crippen LogP contribution in [0.1, 0.15) is 10.4 Å². The first kappa shape index (κ1) is 14.9. The summed E-state index contributed by atoms with van der Waals surface area (Å²) in [5.74, 6) is -0.0225. The normalized spacial score (nSPS) is 12.2. The molecule has 0 unspecified atom stereocenters. The molecule has 0 N–H and O–H groups in total. The van der Waals surface area contributed by atoms with E-state index < -0.39 is 0 Å². The van der Waals surface area contributed by atoms with Crippen LogP contribution in [0.2, 0.25) is 0 Å². The molecule has 0 amide bonds. The van der Waals surface area contributed by atoms with Crippen LogP contribution in [0.4, 0.5) is 0 Å². The zero-order valence-corrected chi connectivity index (χ0v) is 12.4. The van der Waals surface area contributed by atoms with E-state index in [1.54, 1.807) is 29.6 Å². The molecule has 0 atom stereocenters. The molecule has 1 aromatic heterocycles. The second kappa shape index (κ2) is 8.67. The summed E-state index contributed by atoms with van der Waals surface area (Å²) in [6.45, 7) is 0. The Morgan fingerprint density at radius 3 is 2.38 bits per heavy atom. The van der Waals surface area contributed by atoms with Gasteiger partial charge in [0.15, 0.2) is 5.78 Å². The molecule has 2 heteroatoms. The smallest absolute Gasteiger partial charge is 0.178 e. The van der Waals surface area contributed by atoms with Gasteiger partial charge in [0.1, 0.15) is 0 Å². The van der Waals surface area contributed by atoms with Gasteiger partial charge in [0, 0.05) is 4.88 Å². The molecule has 0 fully saturated rings. The summed E-state index contributed by atoms with van der Waals surface area (Å²) in [7, 11) is 0. The first-order valence-electron chi connectivity index (χ1n) is 6.66. The van der Waals surface area contributed by atoms with Crippen LogP contribution in [-0.2, 0) is 4.79 Å². The third-order valence-electron chi connectivity index (χ3n) is 2.64. The number of allylic oxidation sites excluding steroid dienone is 6. The highest BCUT2D eigenvalue weighted by atomic mass is 32.1. The molecule has 0 aliphatic heterocycles. The maximum absolute atomic E-state index is 11.6. The van der Waals surface area contributed by atoms with Gasteiger partial charge in [-0.15, -0.1) is 11.3 Å². The molecule has 0 aliphatic rings. The lowest BCUT2D eigenvalue weighted by Crippen LogP contribution is -1.83. The van der Waals surface area contributed by atoms with E-state index in [2.05, 4.69) is 6.07 Å². The summed E-state index contributed by atoms with van der Waals surface area (Å²) in [6.07, 6.45) is 14.4. The Morgan fingerprint density at radius 1 is 0.810 bits per heavy atom. The summed E-state index contributed by atoms with van der Waals surface area (Å²) >= 11 is 1.69. The number of thiophene rings is 1. The van der Waals surface area contributed by atoms with Gasteiger partial charge in [-0.05, 0) is 35.2 Å². The number of rotatable bonds is 6. The SMILES string of the molecule is O=C(C=CC=CC=Cc1cccs1)C=Cc1ccccc1. The average molecular weight is 292 g/mol. The molecule has 2 aromatic rings. The lowest BCUT2D eigenvalue weighted by atomic mass is 10.2. The first-order valence-corrected chi connectivity index (χ1v) is 7.54. The molecule has 1 nitrogen and oxygen atoms in total. The number of hydrogen-bond donors (Lipinski definition) is 0. The monoisotopic (exact) mass is 292 g/mol. The molecule has 1 aromatic carbocycles. The molecule has 0 aliphatic carbocycles. The number of ketones is 1. The summed E-state index contributed by atoms with van der Waals surface area (Å²) in [4.78, 5) is 12.8. The first-order chi connectivity index (χ1) is 10.3. The second-order valence-electron chi connectivity index (χ2n) is 4.26. The van der Waals surface area contributed by atoms with Gasteiger partial charge in [0.05, 0.1) is 0 Å². The molecule has 0 bridgehead atoms. The number of carbonyl (C=O) groups excluding carboxylic acids is 1. The second-order valence-corrected chi connectivity index (χ2v) is 5.24. The minimum Gasteiger partial charge on any atom is -0.290 e. The minimum absolute atomic E-state index is 0.0225. The Labute approximate surface area is 129 Å². The molecule has 0 radical (unpaired) electrons. The molecule has 104 valence electrons. The van der Waals surface area contributed by atoms with Crippen LogP contribution in [0.5, 0.6) is 0 Å². The van der Waals surface area contributed by atoms with Crippen molar-refractivity contribution in [1.29, 1.82) is 0 Å². The van der Waals surface area contributed by atoms with Gasteiger partial charge >= 0.3 is 0 Å². The number of hydrogen-bond acceptors (Lipinski definition) is 2. The van der Waals surface area contributed by atoms with Crippen LogP contribution in [0, 0.1) is 0 Å². The maximum Gasteiger partial charge on any atom is 0.178 e. The zero-order valence-electron chi connectivity index (χ0n) is 11.6. The van der Waals surface area contributed by atoms with Crippen LogP contribution in [-0.4, -0.2) is 5.78 Å². The van der Waals surface area contributed by atoms with Crippen molar-refractivity contribution in [2.75, 3.05) is 0 Å². The molecule has 0 saturated carbocycles. The van der Waals surface area contributed by atoms with Gasteiger partial charge in [-0.1, -0.05) is 66.8 Å². The molecular weight excluding hydrogens is 276 g/mol. The molecule has 2 rings (SSSR count). The predicted molar refractivity (Wildman–Crippen MR) is 92.1 cm³/mol. The Bertz CT molecular complexity index is 659. The van der Waals surface area contributed by atoms with E-state index in [-0.39, 0.29) is 5.78 Å². The van der Waals surface area contributed by atoms with E-state index in [4.69, 9.17) is 0 Å². The van der Waals surface area contributed by atoms with E-state index in [0.29, 0.717) is 0 Å². The van der Waals surface area contributed by atoms with Crippen molar-refractivity contribution in [3.8, 4) is 0 Å². The fourth-order valence-corrected chi connectivity index (χ4v) is 2.24. The fourth-order valence-electron chi connectivity index (χ4n) is 1.61. The van der Waals surface area contributed by atoms with Crippen molar-refractivity contribution < 1.29 is 4.79 Å². The van der Waals surface area contributed by atoms with E-state index in [1.165, 1.54) is 4.88 Å². The quantitative estimate of drug-likeness (QED) is 0.531. The van der Waals surface area contributed by atoms with Crippen molar-refractivity contribution in [3.63, 3.8) is 0 Å². The van der Waals surface area contributed by atoms with Crippen molar-refractivity contribution in [3.05, 3.63) is 94.7 Å². The van der Waals surface area contributed by atoms with E-state index in [1.807, 2.05) is 72.2 Å². The van der Waals surface area contributed by atoms with Gasteiger partial charge in [-0.3, -0.25) is 4.79 Å². The van der Waals surface area contributed by atoms with E-state index >= 15 is 0 Å². The largest absolute Gasteiger partial charge is 0.290 e. The Kier molecular flexibility index (Phi) is 6.17. The molecule has 0 saturated heterocycles. The topological polar surface area (TPSA) is 17.1 Å². The Morgan fingerprint density at radius 2 is 1.62 bits per heavy atom. The van der Waals surface area contributed by atoms with Crippen LogP contribution in [0.3, 0.4) is 0 Å². The lowest BCUT2D eigenvalue weighted by molar-refractivity contribution is -0.110. The highest BCUT2D eigenvalue weighted by Crippen LogP contribution is 2.09. The fraction of sp³-hybridized carbons (Fsp3) is 0. The van der Waals surface area contributed by atoms with Gasteiger partial charge in [0.25, 0.3) is 0 Å². The average Bonchev–Trinajstić information content (AvgIpc) is 3.03. The van der Waals surface area contributed by atoms with Crippen molar-refractivity contribution in [2.45, 2.75) is 0 Å². The van der Waals surface area contributed by atoms with Crippen LogP contribution in [0.15, 0.2) is 84.3 Å². The standard InChI is InChI=1S/C19H16OS/c20-18(15-14-17-9-4-3-5-10-17)11-6-1-2-7-12-19-13-8-16-21-19/h1-16H. The predicted octanol–water partition coefficient (Wildman–Crippen LogP) is 5.16. The lowest BCUT2D eigenvalue weighted by Gasteiger charge is -1.89. The third-order valence-corrected chi connectivity index (χ3v) is 3.47. The minimum atomic E-state index is -0.0225. The zero-order chi connectivity index (χ0) is 14.8. The highest BCUT2D eigenvalue weighted by Gasteiger charge is 1.88. The summed E-state index contributed by atoms with van der Waals surface area (Å²) in [6, 6.07) is 13.8. The Balaban J connectivity index is 1.78. The van der Waals surface area contributed by atoms with E-state index in [9.17, 15) is 4.79 Å². The van der Waals surface area contributed by atoms with Crippen molar-refractivity contribution in [2.24, 2.45) is 0 Å². The van der Waals surface area contributed by atoms with Crippen LogP contribution < -0.4 is 0 Å². The van der Waals surface area contributed by atoms with Gasteiger partial charge < -0.3 is 0 Å². The molecule has 1 heterocycles. The summed E-state index contributed by atoms with van der Waals surface area (Å²) in [5, 5.41) is 2.04. The van der Waals surface area contributed by atoms with Crippen LogP contribution in [0.25, 0.3) is 12.2 Å². The van der Waals surface area contributed by atoms with Crippen molar-refractivity contribution in [1.82, 2.24) is 0 Å². The molecule has 0 spiro atoms. The highest BCUT2D eigenvalue weighted by molar-refractivity contribution is 7.10. The van der Waals surface area contributed by atoms with Gasteiger partial charge in [-0.25, -0.2) is 0 Å². The van der Waals surface area contributed by atoms with Crippen LogP contribution >= 0.6 is 11.3 Å². The van der Waals surface area contributed by atoms with E-state index in [0.717, 1.165) is 5.56 Å². The van der Waals surface area contributed by atoms with Gasteiger partial charge in [0.2, 0.25) is 0 Å². The maximum atomic E-state index is 11.6. The molecule has 21 heavy (non-hydrogen) atoms.